The lowest BCUT2D eigenvalue weighted by molar-refractivity contribution is -0.161. The zero-order chi connectivity index (χ0) is 67.5. The van der Waals surface area contributed by atoms with E-state index in [9.17, 15) is 43.2 Å². The van der Waals surface area contributed by atoms with Crippen molar-refractivity contribution in [3.63, 3.8) is 0 Å². The lowest BCUT2D eigenvalue weighted by atomic mass is 10.00. The van der Waals surface area contributed by atoms with Gasteiger partial charge in [-0.1, -0.05) is 306 Å². The third kappa shape index (κ3) is 65.1. The molecule has 19 heteroatoms. The Hall–Kier alpha value is -1.94. The van der Waals surface area contributed by atoms with Crippen LogP contribution in [0, 0.1) is 23.7 Å². The third-order valence-corrected chi connectivity index (χ3v) is 18.8. The maximum absolute atomic E-state index is 13.0. The van der Waals surface area contributed by atoms with Gasteiger partial charge in [0.05, 0.1) is 26.4 Å². The average Bonchev–Trinajstić information content (AvgIpc) is 3.33. The molecule has 0 fully saturated rings. The maximum atomic E-state index is 13.0. The summed E-state index contributed by atoms with van der Waals surface area (Å²) in [6.07, 6.45) is 44.6. The van der Waals surface area contributed by atoms with Gasteiger partial charge in [-0.05, 0) is 49.4 Å². The second kappa shape index (κ2) is 61.6. The highest BCUT2D eigenvalue weighted by atomic mass is 31.2. The molecule has 0 saturated heterocycles. The molecule has 540 valence electrons. The molecule has 0 aromatic carbocycles. The van der Waals surface area contributed by atoms with Crippen molar-refractivity contribution in [2.45, 2.75) is 375 Å². The van der Waals surface area contributed by atoms with Gasteiger partial charge in [0.25, 0.3) is 0 Å². The van der Waals surface area contributed by atoms with Crippen LogP contribution in [0.2, 0.25) is 0 Å². The smallest absolute Gasteiger partial charge is 0.462 e. The SMILES string of the molecule is CCC(C)CCCCCCCCC(=O)OC[C@H](COP(=O)(O)OC[C@H](O)COP(=O)(O)OC[C@@H](COC(=O)CCCCCCCCCC(C)C)OC(=O)CCCCCCCCCCCCC(C)C)OC(=O)CCCCCCCCCCCCCCCCCC(C)C. The predicted molar refractivity (Wildman–Crippen MR) is 367 cm³/mol. The van der Waals surface area contributed by atoms with Crippen molar-refractivity contribution in [1.29, 1.82) is 0 Å². The monoisotopic (exact) mass is 1340 g/mol. The Kier molecular flexibility index (Phi) is 60.3. The van der Waals surface area contributed by atoms with Gasteiger partial charge in [-0.2, -0.15) is 0 Å². The molecule has 0 amide bonds. The van der Waals surface area contributed by atoms with Crippen LogP contribution in [0.15, 0.2) is 0 Å². The van der Waals surface area contributed by atoms with Crippen molar-refractivity contribution in [1.82, 2.24) is 0 Å². The van der Waals surface area contributed by atoms with E-state index in [-0.39, 0.29) is 25.7 Å². The van der Waals surface area contributed by atoms with E-state index < -0.39 is 97.5 Å². The van der Waals surface area contributed by atoms with E-state index in [1.165, 1.54) is 148 Å². The summed E-state index contributed by atoms with van der Waals surface area (Å²) >= 11 is 0. The van der Waals surface area contributed by atoms with Crippen molar-refractivity contribution < 1.29 is 80.2 Å². The number of phosphoric acid groups is 2. The minimum atomic E-state index is -4.95. The molecule has 3 N–H and O–H groups in total. The number of esters is 4. The molecule has 0 radical (unpaired) electrons. The molecule has 0 saturated carbocycles. The molecular weight excluding hydrogens is 1200 g/mol. The molecule has 17 nitrogen and oxygen atoms in total. The Morgan fingerprint density at radius 2 is 0.527 bits per heavy atom. The number of hydrogen-bond acceptors (Lipinski definition) is 15. The maximum Gasteiger partial charge on any atom is 0.472 e. The minimum absolute atomic E-state index is 0.105. The van der Waals surface area contributed by atoms with Crippen LogP contribution < -0.4 is 0 Å². The summed E-state index contributed by atoms with van der Waals surface area (Å²) in [4.78, 5) is 72.6. The van der Waals surface area contributed by atoms with E-state index >= 15 is 0 Å². The Morgan fingerprint density at radius 3 is 0.780 bits per heavy atom. The van der Waals surface area contributed by atoms with Crippen LogP contribution in [-0.2, 0) is 65.4 Å². The second-order valence-corrected chi connectivity index (χ2v) is 30.6. The molecule has 0 aliphatic rings. The summed E-state index contributed by atoms with van der Waals surface area (Å²) in [6, 6.07) is 0. The molecule has 0 heterocycles. The fourth-order valence-electron chi connectivity index (χ4n) is 10.8. The molecule has 0 aliphatic carbocycles. The summed E-state index contributed by atoms with van der Waals surface area (Å²) in [5.41, 5.74) is 0. The zero-order valence-electron chi connectivity index (χ0n) is 59.5. The second-order valence-electron chi connectivity index (χ2n) is 27.6. The first-order chi connectivity index (χ1) is 43.6. The lowest BCUT2D eigenvalue weighted by Gasteiger charge is -2.21. The molecule has 0 aromatic heterocycles. The number of aliphatic hydroxyl groups is 1. The molecule has 6 atom stereocenters. The normalized spacial score (nSPS) is 14.5. The van der Waals surface area contributed by atoms with Crippen LogP contribution in [0.25, 0.3) is 0 Å². The summed E-state index contributed by atoms with van der Waals surface area (Å²) in [7, 11) is -9.91. The topological polar surface area (TPSA) is 237 Å². The largest absolute Gasteiger partial charge is 0.472 e. The number of carbonyl (C=O) groups excluding carboxylic acids is 4. The number of rotatable bonds is 69. The fraction of sp³-hybridized carbons (Fsp3) is 0.944. The number of carbonyl (C=O) groups is 4. The summed E-state index contributed by atoms with van der Waals surface area (Å²) in [6.45, 7) is 14.1. The number of aliphatic hydroxyl groups excluding tert-OH is 1. The highest BCUT2D eigenvalue weighted by Gasteiger charge is 2.30. The highest BCUT2D eigenvalue weighted by molar-refractivity contribution is 7.47. The summed E-state index contributed by atoms with van der Waals surface area (Å²) in [5, 5.41) is 10.6. The first-order valence-electron chi connectivity index (χ1n) is 37.2. The Morgan fingerprint density at radius 1 is 0.308 bits per heavy atom. The van der Waals surface area contributed by atoms with E-state index in [1.54, 1.807) is 0 Å². The van der Waals surface area contributed by atoms with Crippen molar-refractivity contribution in [3.05, 3.63) is 0 Å². The quantitative estimate of drug-likeness (QED) is 0.0222. The predicted octanol–water partition coefficient (Wildman–Crippen LogP) is 20.5. The fourth-order valence-corrected chi connectivity index (χ4v) is 12.4. The van der Waals surface area contributed by atoms with E-state index in [4.69, 9.17) is 37.0 Å². The van der Waals surface area contributed by atoms with Crippen LogP contribution in [0.4, 0.5) is 0 Å². The van der Waals surface area contributed by atoms with Gasteiger partial charge in [0.15, 0.2) is 12.2 Å². The highest BCUT2D eigenvalue weighted by Crippen LogP contribution is 2.45. The van der Waals surface area contributed by atoms with E-state index in [0.29, 0.717) is 31.6 Å². The Labute approximate surface area is 556 Å². The minimum Gasteiger partial charge on any atom is -0.462 e. The first-order valence-corrected chi connectivity index (χ1v) is 40.2. The van der Waals surface area contributed by atoms with Gasteiger partial charge in [-0.15, -0.1) is 0 Å². The lowest BCUT2D eigenvalue weighted by Crippen LogP contribution is -2.30. The standard InChI is InChI=1S/C72H140O17P2/c1-9-65(8)51-43-35-30-31-37-45-53-70(75)83-59-68(89-71(76)54-46-38-27-21-16-14-12-10-11-13-15-19-24-32-40-48-62(2)3)61-87-91(80,81)85-57-66(73)56-84-90(78,79)86-60-67(58-82-69(74)52-44-36-29-23-26-34-42-50-64(6)7)88-72(77)55-47-39-28-22-18-17-20-25-33-41-49-63(4)5/h62-68,73H,9-61H2,1-8H3,(H,78,79)(H,80,81)/t65?,66-,67-,68-/m1/s1. The number of unbranched alkanes of at least 4 members (excludes halogenated alkanes) is 34. The van der Waals surface area contributed by atoms with Crippen molar-refractivity contribution in [3.8, 4) is 0 Å². The van der Waals surface area contributed by atoms with E-state index in [1.807, 2.05) is 0 Å². The molecular formula is C72H140O17P2. The van der Waals surface area contributed by atoms with Crippen LogP contribution in [0.5, 0.6) is 0 Å². The van der Waals surface area contributed by atoms with Gasteiger partial charge in [0.2, 0.25) is 0 Å². The number of ether oxygens (including phenoxy) is 4. The van der Waals surface area contributed by atoms with Gasteiger partial charge < -0.3 is 33.8 Å². The Balaban J connectivity index is 5.22. The van der Waals surface area contributed by atoms with Crippen molar-refractivity contribution in [2.24, 2.45) is 23.7 Å². The Bertz CT molecular complexity index is 1800. The average molecular weight is 1340 g/mol. The summed E-state index contributed by atoms with van der Waals surface area (Å²) in [5.74, 6) is 0.862. The van der Waals surface area contributed by atoms with Crippen molar-refractivity contribution in [2.75, 3.05) is 39.6 Å². The molecule has 0 bridgehead atoms. The van der Waals surface area contributed by atoms with Crippen LogP contribution in [-0.4, -0.2) is 96.7 Å². The molecule has 0 rings (SSSR count). The molecule has 3 unspecified atom stereocenters. The van der Waals surface area contributed by atoms with Gasteiger partial charge >= 0.3 is 39.5 Å². The number of phosphoric ester groups is 2. The van der Waals surface area contributed by atoms with Crippen LogP contribution in [0.3, 0.4) is 0 Å². The summed E-state index contributed by atoms with van der Waals surface area (Å²) < 4.78 is 68.3. The van der Waals surface area contributed by atoms with Crippen molar-refractivity contribution >= 4 is 39.5 Å². The van der Waals surface area contributed by atoms with E-state index in [0.717, 1.165) is 120 Å². The van der Waals surface area contributed by atoms with Crippen LogP contribution in [0.1, 0.15) is 357 Å². The molecule has 0 aliphatic heterocycles. The zero-order valence-corrected chi connectivity index (χ0v) is 61.3. The first kappa shape index (κ1) is 89.1. The van der Waals surface area contributed by atoms with E-state index in [2.05, 4.69) is 55.4 Å². The van der Waals surface area contributed by atoms with Gasteiger partial charge in [-0.25, -0.2) is 9.13 Å². The molecule has 0 spiro atoms. The molecule has 91 heavy (non-hydrogen) atoms. The molecule has 0 aromatic rings. The van der Waals surface area contributed by atoms with Gasteiger partial charge in [0.1, 0.15) is 19.3 Å². The number of hydrogen-bond donors (Lipinski definition) is 3. The van der Waals surface area contributed by atoms with Crippen LogP contribution >= 0.6 is 15.6 Å². The third-order valence-electron chi connectivity index (χ3n) is 16.9. The van der Waals surface area contributed by atoms with Gasteiger partial charge in [0, 0.05) is 25.7 Å². The van der Waals surface area contributed by atoms with Gasteiger partial charge in [-0.3, -0.25) is 37.3 Å².